The van der Waals surface area contributed by atoms with Gasteiger partial charge in [-0.25, -0.2) is 9.59 Å². The summed E-state index contributed by atoms with van der Waals surface area (Å²) in [6.45, 7) is 1.20. The number of carbonyl (C=O) groups excluding carboxylic acids is 2. The van der Waals surface area contributed by atoms with Crippen molar-refractivity contribution in [3.8, 4) is 0 Å². The number of ether oxygens (including phenoxy) is 2. The minimum absolute atomic E-state index is 0.210. The number of amides is 1. The molecule has 0 radical (unpaired) electrons. The van der Waals surface area contributed by atoms with Crippen LogP contribution in [0.5, 0.6) is 0 Å². The molecule has 1 N–H and O–H groups in total. The predicted molar refractivity (Wildman–Crippen MR) is 66.2 cm³/mol. The highest BCUT2D eigenvalue weighted by molar-refractivity contribution is 5.80. The average Bonchev–Trinajstić information content (AvgIpc) is 2.43. The minimum Gasteiger partial charge on any atom is -0.467 e. The van der Waals surface area contributed by atoms with Gasteiger partial charge in [0.25, 0.3) is 0 Å². The van der Waals surface area contributed by atoms with Crippen molar-refractivity contribution in [2.75, 3.05) is 7.11 Å². The monoisotopic (exact) mass is 305 g/mol. The molecule has 116 valence electrons. The van der Waals surface area contributed by atoms with Crippen LogP contribution in [0.3, 0.4) is 0 Å². The Kier molecular flexibility index (Phi) is 5.57. The summed E-state index contributed by atoms with van der Waals surface area (Å²) in [5.41, 5.74) is -0.390. The van der Waals surface area contributed by atoms with Crippen molar-refractivity contribution in [1.29, 1.82) is 0 Å². The van der Waals surface area contributed by atoms with Crippen LogP contribution in [-0.4, -0.2) is 25.2 Å². The average molecular weight is 305 g/mol. The first-order chi connectivity index (χ1) is 9.74. The molecule has 0 unspecified atom stereocenters. The Morgan fingerprint density at radius 2 is 1.81 bits per heavy atom. The Balaban J connectivity index is 2.48. The number of benzene rings is 1. The number of hydrogen-bond acceptors (Lipinski definition) is 4. The van der Waals surface area contributed by atoms with Crippen molar-refractivity contribution in [3.05, 3.63) is 35.4 Å². The third kappa shape index (κ3) is 5.33. The zero-order valence-electron chi connectivity index (χ0n) is 11.4. The van der Waals surface area contributed by atoms with Crippen molar-refractivity contribution < 1.29 is 32.2 Å². The first-order valence-electron chi connectivity index (χ1n) is 5.91. The third-order valence-electron chi connectivity index (χ3n) is 2.54. The van der Waals surface area contributed by atoms with Gasteiger partial charge in [-0.05, 0) is 24.6 Å². The zero-order chi connectivity index (χ0) is 16.0. The van der Waals surface area contributed by atoms with Crippen LogP contribution in [0.15, 0.2) is 24.3 Å². The minimum atomic E-state index is -4.41. The molecule has 0 fully saturated rings. The first kappa shape index (κ1) is 16.8. The molecule has 0 aliphatic heterocycles. The van der Waals surface area contributed by atoms with Crippen LogP contribution in [0.2, 0.25) is 0 Å². The molecule has 1 amide bonds. The van der Waals surface area contributed by atoms with E-state index < -0.39 is 29.8 Å². The van der Waals surface area contributed by atoms with Crippen LogP contribution < -0.4 is 5.32 Å². The van der Waals surface area contributed by atoms with Gasteiger partial charge in [0.05, 0.1) is 12.7 Å². The van der Waals surface area contributed by atoms with E-state index in [4.69, 9.17) is 4.74 Å². The van der Waals surface area contributed by atoms with Gasteiger partial charge in [0.1, 0.15) is 12.6 Å². The lowest BCUT2D eigenvalue weighted by atomic mass is 10.1. The molecule has 5 nitrogen and oxygen atoms in total. The summed E-state index contributed by atoms with van der Waals surface area (Å²) in [5.74, 6) is -0.638. The van der Waals surface area contributed by atoms with Gasteiger partial charge in [-0.2, -0.15) is 13.2 Å². The molecular formula is C13H14F3NO4. The number of esters is 1. The summed E-state index contributed by atoms with van der Waals surface area (Å²) in [6, 6.07) is 3.33. The van der Waals surface area contributed by atoms with Gasteiger partial charge in [-0.1, -0.05) is 12.1 Å². The van der Waals surface area contributed by atoms with E-state index in [0.29, 0.717) is 5.56 Å². The van der Waals surface area contributed by atoms with Crippen LogP contribution in [0.1, 0.15) is 18.1 Å². The Morgan fingerprint density at radius 3 is 2.29 bits per heavy atom. The fourth-order valence-corrected chi connectivity index (χ4v) is 1.39. The van der Waals surface area contributed by atoms with Crippen molar-refractivity contribution in [2.24, 2.45) is 0 Å². The number of hydrogen-bond donors (Lipinski definition) is 1. The quantitative estimate of drug-likeness (QED) is 0.868. The van der Waals surface area contributed by atoms with E-state index in [1.54, 1.807) is 0 Å². The number of rotatable bonds is 4. The molecule has 8 heteroatoms. The molecule has 0 saturated heterocycles. The SMILES string of the molecule is COC(=O)[C@H](C)NC(=O)OCc1ccc(C(F)(F)F)cc1. The standard InChI is InChI=1S/C13H14F3NO4/c1-8(11(18)20-2)17-12(19)21-7-9-3-5-10(6-4-9)13(14,15)16/h3-6,8H,7H2,1-2H3,(H,17,19)/t8-/m0/s1. The lowest BCUT2D eigenvalue weighted by Crippen LogP contribution is -2.39. The van der Waals surface area contributed by atoms with E-state index in [1.807, 2.05) is 0 Å². The molecule has 0 heterocycles. The van der Waals surface area contributed by atoms with E-state index >= 15 is 0 Å². The second-order valence-corrected chi connectivity index (χ2v) is 4.16. The van der Waals surface area contributed by atoms with Crippen molar-refractivity contribution >= 4 is 12.1 Å². The summed E-state index contributed by atoms with van der Waals surface area (Å²) in [5, 5.41) is 2.22. The van der Waals surface area contributed by atoms with Gasteiger partial charge in [0, 0.05) is 0 Å². The highest BCUT2D eigenvalue weighted by atomic mass is 19.4. The van der Waals surface area contributed by atoms with E-state index in [-0.39, 0.29) is 6.61 Å². The number of nitrogens with one attached hydrogen (secondary N) is 1. The largest absolute Gasteiger partial charge is 0.467 e. The Labute approximate surface area is 119 Å². The number of alkyl carbamates (subject to hydrolysis) is 1. The molecule has 0 aliphatic carbocycles. The molecule has 1 aromatic rings. The molecule has 1 atom stereocenters. The second-order valence-electron chi connectivity index (χ2n) is 4.16. The van der Waals surface area contributed by atoms with Gasteiger partial charge in [-0.15, -0.1) is 0 Å². The van der Waals surface area contributed by atoms with E-state index in [1.165, 1.54) is 26.2 Å². The van der Waals surface area contributed by atoms with Gasteiger partial charge >= 0.3 is 18.2 Å². The van der Waals surface area contributed by atoms with Gasteiger partial charge in [0.2, 0.25) is 0 Å². The number of alkyl halides is 3. The first-order valence-corrected chi connectivity index (χ1v) is 5.91. The van der Waals surface area contributed by atoms with E-state index in [9.17, 15) is 22.8 Å². The summed E-state index contributed by atoms with van der Waals surface area (Å²) in [7, 11) is 1.17. The summed E-state index contributed by atoms with van der Waals surface area (Å²) >= 11 is 0. The molecule has 0 spiro atoms. The van der Waals surface area contributed by atoms with Crippen LogP contribution in [0.4, 0.5) is 18.0 Å². The number of carbonyl (C=O) groups is 2. The van der Waals surface area contributed by atoms with Crippen LogP contribution in [0, 0.1) is 0 Å². The number of methoxy groups -OCH3 is 1. The zero-order valence-corrected chi connectivity index (χ0v) is 11.4. The molecule has 0 saturated carbocycles. The molecule has 1 aromatic carbocycles. The Bertz CT molecular complexity index is 499. The van der Waals surface area contributed by atoms with Crippen molar-refractivity contribution in [3.63, 3.8) is 0 Å². The maximum absolute atomic E-state index is 12.3. The molecule has 0 bridgehead atoms. The van der Waals surface area contributed by atoms with Crippen LogP contribution >= 0.6 is 0 Å². The fourth-order valence-electron chi connectivity index (χ4n) is 1.39. The Morgan fingerprint density at radius 1 is 1.24 bits per heavy atom. The molecule has 0 aromatic heterocycles. The van der Waals surface area contributed by atoms with Gasteiger partial charge < -0.3 is 14.8 Å². The molecule has 1 rings (SSSR count). The van der Waals surface area contributed by atoms with Crippen molar-refractivity contribution in [1.82, 2.24) is 5.32 Å². The van der Waals surface area contributed by atoms with E-state index in [0.717, 1.165) is 12.1 Å². The van der Waals surface area contributed by atoms with Crippen LogP contribution in [0.25, 0.3) is 0 Å². The van der Waals surface area contributed by atoms with Crippen molar-refractivity contribution in [2.45, 2.75) is 25.7 Å². The lowest BCUT2D eigenvalue weighted by molar-refractivity contribution is -0.142. The molecule has 21 heavy (non-hydrogen) atoms. The lowest BCUT2D eigenvalue weighted by Gasteiger charge is -2.12. The maximum atomic E-state index is 12.3. The maximum Gasteiger partial charge on any atom is 0.416 e. The molecular weight excluding hydrogens is 291 g/mol. The van der Waals surface area contributed by atoms with Crippen LogP contribution in [-0.2, 0) is 27.1 Å². The Hall–Kier alpha value is -2.25. The summed E-state index contributed by atoms with van der Waals surface area (Å²) in [6.07, 6.45) is -5.28. The summed E-state index contributed by atoms with van der Waals surface area (Å²) in [4.78, 5) is 22.4. The second kappa shape index (κ2) is 6.96. The van der Waals surface area contributed by atoms with Gasteiger partial charge in [0.15, 0.2) is 0 Å². The smallest absolute Gasteiger partial charge is 0.416 e. The van der Waals surface area contributed by atoms with E-state index in [2.05, 4.69) is 10.1 Å². The number of halogens is 3. The molecule has 0 aliphatic rings. The topological polar surface area (TPSA) is 64.6 Å². The fraction of sp³-hybridized carbons (Fsp3) is 0.385. The normalized spacial score (nSPS) is 12.4. The highest BCUT2D eigenvalue weighted by Gasteiger charge is 2.29. The summed E-state index contributed by atoms with van der Waals surface area (Å²) < 4.78 is 46.2. The van der Waals surface area contributed by atoms with Gasteiger partial charge in [-0.3, -0.25) is 0 Å². The predicted octanol–water partition coefficient (Wildman–Crippen LogP) is 2.49. The third-order valence-corrected chi connectivity index (χ3v) is 2.54. The highest BCUT2D eigenvalue weighted by Crippen LogP contribution is 2.29.